The van der Waals surface area contributed by atoms with Crippen molar-refractivity contribution in [1.82, 2.24) is 4.98 Å². The number of aryl methyl sites for hydroxylation is 1. The molecule has 0 aliphatic heterocycles. The summed E-state index contributed by atoms with van der Waals surface area (Å²) < 4.78 is 6.22. The van der Waals surface area contributed by atoms with Crippen LogP contribution in [0.5, 0.6) is 0 Å². The third-order valence-corrected chi connectivity index (χ3v) is 3.88. The number of aromatic nitrogens is 1. The SMILES string of the molecule is Cc1cccc(-c2ocnc2C(=O)Nc2ccccc2Br)c1. The maximum Gasteiger partial charge on any atom is 0.278 e. The predicted octanol–water partition coefficient (Wildman–Crippen LogP) is 4.66. The molecule has 110 valence electrons. The van der Waals surface area contributed by atoms with Gasteiger partial charge in [-0.25, -0.2) is 4.98 Å². The second kappa shape index (κ2) is 6.15. The fraction of sp³-hybridized carbons (Fsp3) is 0.0588. The van der Waals surface area contributed by atoms with E-state index < -0.39 is 0 Å². The maximum absolute atomic E-state index is 12.5. The van der Waals surface area contributed by atoms with E-state index >= 15 is 0 Å². The Balaban J connectivity index is 1.92. The molecule has 3 aromatic rings. The molecule has 2 aromatic carbocycles. The lowest BCUT2D eigenvalue weighted by Gasteiger charge is -2.06. The number of hydrogen-bond donors (Lipinski definition) is 1. The number of carbonyl (C=O) groups is 1. The molecule has 0 atom stereocenters. The highest BCUT2D eigenvalue weighted by Crippen LogP contribution is 2.26. The van der Waals surface area contributed by atoms with Crippen LogP contribution in [-0.4, -0.2) is 10.9 Å². The Morgan fingerprint density at radius 2 is 2.00 bits per heavy atom. The van der Waals surface area contributed by atoms with Crippen molar-refractivity contribution >= 4 is 27.5 Å². The lowest BCUT2D eigenvalue weighted by atomic mass is 10.1. The molecule has 0 bridgehead atoms. The average Bonchev–Trinajstić information content (AvgIpc) is 2.99. The highest BCUT2D eigenvalue weighted by molar-refractivity contribution is 9.10. The smallest absolute Gasteiger partial charge is 0.278 e. The van der Waals surface area contributed by atoms with Crippen molar-refractivity contribution < 1.29 is 9.21 Å². The normalized spacial score (nSPS) is 10.5. The van der Waals surface area contributed by atoms with E-state index in [4.69, 9.17) is 4.42 Å². The molecule has 3 rings (SSSR count). The molecule has 0 saturated carbocycles. The largest absolute Gasteiger partial charge is 0.443 e. The molecule has 1 heterocycles. The first kappa shape index (κ1) is 14.5. The van der Waals surface area contributed by atoms with Gasteiger partial charge >= 0.3 is 0 Å². The molecule has 0 aliphatic rings. The molecule has 0 unspecified atom stereocenters. The molecule has 4 nitrogen and oxygen atoms in total. The lowest BCUT2D eigenvalue weighted by Crippen LogP contribution is -2.13. The summed E-state index contributed by atoms with van der Waals surface area (Å²) in [5, 5.41) is 2.83. The minimum atomic E-state index is -0.308. The summed E-state index contributed by atoms with van der Waals surface area (Å²) in [6.07, 6.45) is 1.28. The number of hydrogen-bond acceptors (Lipinski definition) is 3. The third kappa shape index (κ3) is 2.94. The maximum atomic E-state index is 12.5. The topological polar surface area (TPSA) is 55.1 Å². The first-order chi connectivity index (χ1) is 10.6. The van der Waals surface area contributed by atoms with Gasteiger partial charge in [0, 0.05) is 10.0 Å². The average molecular weight is 357 g/mol. The van der Waals surface area contributed by atoms with E-state index in [1.54, 1.807) is 0 Å². The molecule has 1 N–H and O–H groups in total. The summed E-state index contributed by atoms with van der Waals surface area (Å²) in [5.41, 5.74) is 2.87. The number of carbonyl (C=O) groups excluding carboxylic acids is 1. The second-order valence-corrected chi connectivity index (χ2v) is 5.69. The molecule has 0 aliphatic carbocycles. The Kier molecular flexibility index (Phi) is 4.06. The number of benzene rings is 2. The first-order valence-electron chi connectivity index (χ1n) is 6.71. The quantitative estimate of drug-likeness (QED) is 0.741. The van der Waals surface area contributed by atoms with E-state index in [1.807, 2.05) is 55.5 Å². The van der Waals surface area contributed by atoms with E-state index in [-0.39, 0.29) is 11.6 Å². The molecule has 5 heteroatoms. The van der Waals surface area contributed by atoms with Gasteiger partial charge in [0.1, 0.15) is 0 Å². The number of anilines is 1. The van der Waals surface area contributed by atoms with Gasteiger partial charge in [-0.15, -0.1) is 0 Å². The monoisotopic (exact) mass is 356 g/mol. The van der Waals surface area contributed by atoms with Gasteiger partial charge in [-0.05, 0) is 41.1 Å². The summed E-state index contributed by atoms with van der Waals surface area (Å²) >= 11 is 3.40. The summed E-state index contributed by atoms with van der Waals surface area (Å²) in [5.74, 6) is 0.158. The minimum Gasteiger partial charge on any atom is -0.443 e. The summed E-state index contributed by atoms with van der Waals surface area (Å²) in [6.45, 7) is 1.99. The van der Waals surface area contributed by atoms with Crippen molar-refractivity contribution in [3.8, 4) is 11.3 Å². The van der Waals surface area contributed by atoms with E-state index in [2.05, 4.69) is 26.2 Å². The van der Waals surface area contributed by atoms with Crippen molar-refractivity contribution in [2.75, 3.05) is 5.32 Å². The number of oxazole rings is 1. The zero-order chi connectivity index (χ0) is 15.5. The van der Waals surface area contributed by atoms with Gasteiger partial charge in [-0.3, -0.25) is 4.79 Å². The molecule has 0 spiro atoms. The number of amides is 1. The fourth-order valence-corrected chi connectivity index (χ4v) is 2.53. The van der Waals surface area contributed by atoms with E-state index in [0.717, 1.165) is 15.6 Å². The second-order valence-electron chi connectivity index (χ2n) is 4.83. The van der Waals surface area contributed by atoms with Crippen LogP contribution in [0.25, 0.3) is 11.3 Å². The van der Waals surface area contributed by atoms with E-state index in [1.165, 1.54) is 6.39 Å². The fourth-order valence-electron chi connectivity index (χ4n) is 2.14. The molecule has 0 radical (unpaired) electrons. The van der Waals surface area contributed by atoms with Crippen molar-refractivity contribution in [3.63, 3.8) is 0 Å². The molecule has 22 heavy (non-hydrogen) atoms. The van der Waals surface area contributed by atoms with Crippen LogP contribution >= 0.6 is 15.9 Å². The summed E-state index contributed by atoms with van der Waals surface area (Å²) in [7, 11) is 0. The van der Waals surface area contributed by atoms with Crippen molar-refractivity contribution in [2.24, 2.45) is 0 Å². The number of rotatable bonds is 3. The Morgan fingerprint density at radius 3 is 2.77 bits per heavy atom. The van der Waals surface area contributed by atoms with Crippen LogP contribution in [0.4, 0.5) is 5.69 Å². The van der Waals surface area contributed by atoms with Crippen LogP contribution in [0, 0.1) is 6.92 Å². The van der Waals surface area contributed by atoms with Crippen LogP contribution in [0.3, 0.4) is 0 Å². The Labute approximate surface area is 136 Å². The Bertz CT molecular complexity index is 827. The van der Waals surface area contributed by atoms with E-state index in [9.17, 15) is 4.79 Å². The summed E-state index contributed by atoms with van der Waals surface area (Å²) in [6, 6.07) is 15.2. The van der Waals surface area contributed by atoms with Crippen LogP contribution in [0.2, 0.25) is 0 Å². The molecular weight excluding hydrogens is 344 g/mol. The zero-order valence-electron chi connectivity index (χ0n) is 11.8. The number of para-hydroxylation sites is 1. The third-order valence-electron chi connectivity index (χ3n) is 3.18. The van der Waals surface area contributed by atoms with Crippen LogP contribution in [0.1, 0.15) is 16.1 Å². The minimum absolute atomic E-state index is 0.265. The molecular formula is C17H13BrN2O2. The highest BCUT2D eigenvalue weighted by Gasteiger charge is 2.19. The van der Waals surface area contributed by atoms with Crippen LogP contribution < -0.4 is 5.32 Å². The molecule has 0 saturated heterocycles. The molecule has 0 fully saturated rings. The number of nitrogens with one attached hydrogen (secondary N) is 1. The van der Waals surface area contributed by atoms with Crippen molar-refractivity contribution in [2.45, 2.75) is 6.92 Å². The highest BCUT2D eigenvalue weighted by atomic mass is 79.9. The van der Waals surface area contributed by atoms with Gasteiger partial charge in [0.15, 0.2) is 17.8 Å². The lowest BCUT2D eigenvalue weighted by molar-refractivity contribution is 0.102. The van der Waals surface area contributed by atoms with Gasteiger partial charge in [0.25, 0.3) is 5.91 Å². The first-order valence-corrected chi connectivity index (χ1v) is 7.51. The van der Waals surface area contributed by atoms with Gasteiger partial charge in [0.05, 0.1) is 5.69 Å². The van der Waals surface area contributed by atoms with Crippen molar-refractivity contribution in [1.29, 1.82) is 0 Å². The Morgan fingerprint density at radius 1 is 1.18 bits per heavy atom. The van der Waals surface area contributed by atoms with Gasteiger partial charge in [0.2, 0.25) is 0 Å². The standard InChI is InChI=1S/C17H13BrN2O2/c1-11-5-4-6-12(9-11)16-15(19-10-22-16)17(21)20-14-8-3-2-7-13(14)18/h2-10H,1H3,(H,20,21). The summed E-state index contributed by atoms with van der Waals surface area (Å²) in [4.78, 5) is 16.5. The van der Waals surface area contributed by atoms with Crippen molar-refractivity contribution in [3.05, 3.63) is 70.7 Å². The van der Waals surface area contributed by atoms with E-state index in [0.29, 0.717) is 11.4 Å². The molecule has 1 aromatic heterocycles. The number of nitrogens with zero attached hydrogens (tertiary/aromatic N) is 1. The van der Waals surface area contributed by atoms with Gasteiger partial charge < -0.3 is 9.73 Å². The van der Waals surface area contributed by atoms with Crippen LogP contribution in [-0.2, 0) is 0 Å². The molecule has 1 amide bonds. The van der Waals surface area contributed by atoms with Gasteiger partial charge in [-0.2, -0.15) is 0 Å². The number of halogens is 1. The van der Waals surface area contributed by atoms with Gasteiger partial charge in [-0.1, -0.05) is 35.9 Å². The predicted molar refractivity (Wildman–Crippen MR) is 88.8 cm³/mol. The Hall–Kier alpha value is -2.40. The van der Waals surface area contributed by atoms with Crippen LogP contribution in [0.15, 0.2) is 63.8 Å². The zero-order valence-corrected chi connectivity index (χ0v) is 13.4.